The number of hydrogen-bond acceptors (Lipinski definition) is 4. The van der Waals surface area contributed by atoms with Crippen LogP contribution in [0.3, 0.4) is 0 Å². The van der Waals surface area contributed by atoms with Gasteiger partial charge in [0.1, 0.15) is 0 Å². The molecule has 0 bridgehead atoms. The number of benzene rings is 2. The molecular formula is C28H34N2O4. The van der Waals surface area contributed by atoms with Crippen molar-refractivity contribution in [1.29, 1.82) is 0 Å². The highest BCUT2D eigenvalue weighted by Crippen LogP contribution is 2.40. The minimum atomic E-state index is -1.07. The zero-order valence-corrected chi connectivity index (χ0v) is 20.6. The molecule has 6 nitrogen and oxygen atoms in total. The molecule has 34 heavy (non-hydrogen) atoms. The summed E-state index contributed by atoms with van der Waals surface area (Å²) in [4.78, 5) is 24.7. The summed E-state index contributed by atoms with van der Waals surface area (Å²) in [5.41, 5.74) is 4.91. The molecule has 0 saturated heterocycles. The molecule has 4 N–H and O–H groups in total. The smallest absolute Gasteiger partial charge is 0.334 e. The number of carbonyl (C=O) groups is 2. The van der Waals surface area contributed by atoms with E-state index in [9.17, 15) is 19.8 Å². The van der Waals surface area contributed by atoms with Crippen molar-refractivity contribution in [3.05, 3.63) is 82.2 Å². The Bertz CT molecular complexity index is 1030. The second-order valence-corrected chi connectivity index (χ2v) is 9.51. The van der Waals surface area contributed by atoms with Crippen LogP contribution in [0, 0.1) is 11.8 Å². The van der Waals surface area contributed by atoms with Gasteiger partial charge in [0.25, 0.3) is 0 Å². The Morgan fingerprint density at radius 3 is 1.18 bits per heavy atom. The quantitative estimate of drug-likeness (QED) is 0.361. The number of carboxylic acid groups (broad SMARTS) is 2. The van der Waals surface area contributed by atoms with E-state index in [-0.39, 0.29) is 11.1 Å². The van der Waals surface area contributed by atoms with E-state index >= 15 is 0 Å². The Morgan fingerprint density at radius 1 is 0.647 bits per heavy atom. The standard InChI is InChI=1S/C28H34N2O4/c1-15(2)19-7-11-21(12-8-19)29-25-17(5)24(28(33)34)26(18(6)23(25)27(31)32)30-22-13-9-20(10-14-22)16(3)4/h7-18,29-30H,1-6H3,(H,31,32)(H,33,34). The van der Waals surface area contributed by atoms with Gasteiger partial charge in [-0.3, -0.25) is 0 Å². The lowest BCUT2D eigenvalue weighted by molar-refractivity contribution is -0.135. The molecule has 0 heterocycles. The van der Waals surface area contributed by atoms with E-state index in [1.807, 2.05) is 48.5 Å². The van der Waals surface area contributed by atoms with Crippen molar-refractivity contribution in [3.8, 4) is 0 Å². The number of aliphatic carboxylic acids is 2. The third-order valence-electron chi connectivity index (χ3n) is 6.49. The predicted molar refractivity (Wildman–Crippen MR) is 136 cm³/mol. The van der Waals surface area contributed by atoms with Crippen molar-refractivity contribution in [2.24, 2.45) is 11.8 Å². The molecule has 0 saturated carbocycles. The molecular weight excluding hydrogens is 428 g/mol. The first kappa shape index (κ1) is 25.1. The summed E-state index contributed by atoms with van der Waals surface area (Å²) in [5, 5.41) is 26.6. The maximum atomic E-state index is 12.4. The number of hydrogen-bond donors (Lipinski definition) is 4. The molecule has 0 spiro atoms. The van der Waals surface area contributed by atoms with Gasteiger partial charge in [0.15, 0.2) is 0 Å². The number of anilines is 2. The summed E-state index contributed by atoms with van der Waals surface area (Å²) in [6.45, 7) is 11.9. The second kappa shape index (κ2) is 10.2. The van der Waals surface area contributed by atoms with Gasteiger partial charge in [-0.15, -0.1) is 0 Å². The van der Waals surface area contributed by atoms with Crippen LogP contribution in [0.1, 0.15) is 64.5 Å². The largest absolute Gasteiger partial charge is 0.478 e. The summed E-state index contributed by atoms with van der Waals surface area (Å²) >= 11 is 0. The fourth-order valence-electron chi connectivity index (χ4n) is 4.39. The van der Waals surface area contributed by atoms with Gasteiger partial charge in [-0.1, -0.05) is 65.8 Å². The third-order valence-corrected chi connectivity index (χ3v) is 6.49. The molecule has 6 heteroatoms. The van der Waals surface area contributed by atoms with Gasteiger partial charge >= 0.3 is 11.9 Å². The fourth-order valence-corrected chi connectivity index (χ4v) is 4.39. The molecule has 1 aliphatic carbocycles. The fraction of sp³-hybridized carbons (Fsp3) is 0.357. The zero-order chi connectivity index (χ0) is 25.2. The average Bonchev–Trinajstić information content (AvgIpc) is 2.77. The van der Waals surface area contributed by atoms with Crippen LogP contribution >= 0.6 is 0 Å². The van der Waals surface area contributed by atoms with Crippen molar-refractivity contribution in [2.45, 2.75) is 53.4 Å². The van der Waals surface area contributed by atoms with Crippen molar-refractivity contribution >= 4 is 23.3 Å². The van der Waals surface area contributed by atoms with Crippen molar-refractivity contribution in [3.63, 3.8) is 0 Å². The SMILES string of the molecule is CC1C(Nc2ccc(C(C)C)cc2)=C(C(=O)O)C(C)C(Nc2ccc(C(C)C)cc2)=C1C(=O)O. The molecule has 0 fully saturated rings. The van der Waals surface area contributed by atoms with E-state index in [0.717, 1.165) is 11.4 Å². The van der Waals surface area contributed by atoms with Crippen molar-refractivity contribution in [2.75, 3.05) is 10.6 Å². The number of allylic oxidation sites excluding steroid dienone is 2. The molecule has 0 radical (unpaired) electrons. The Labute approximate surface area is 201 Å². The first-order valence-corrected chi connectivity index (χ1v) is 11.7. The number of nitrogens with one attached hydrogen (secondary N) is 2. The van der Waals surface area contributed by atoms with Crippen molar-refractivity contribution < 1.29 is 19.8 Å². The van der Waals surface area contributed by atoms with Gasteiger partial charge < -0.3 is 20.8 Å². The molecule has 2 atom stereocenters. The molecule has 2 aromatic rings. The van der Waals surface area contributed by atoms with Crippen LogP contribution in [0.5, 0.6) is 0 Å². The summed E-state index contributed by atoms with van der Waals surface area (Å²) in [7, 11) is 0. The van der Waals surface area contributed by atoms with E-state index < -0.39 is 23.8 Å². The topological polar surface area (TPSA) is 98.7 Å². The first-order valence-electron chi connectivity index (χ1n) is 11.7. The van der Waals surface area contributed by atoms with Crippen LogP contribution in [-0.4, -0.2) is 22.2 Å². The van der Waals surface area contributed by atoms with E-state index in [4.69, 9.17) is 0 Å². The minimum Gasteiger partial charge on any atom is -0.478 e. The van der Waals surface area contributed by atoms with Gasteiger partial charge in [0.2, 0.25) is 0 Å². The normalized spacial score (nSPS) is 18.5. The van der Waals surface area contributed by atoms with Gasteiger partial charge in [0.05, 0.1) is 11.1 Å². The summed E-state index contributed by atoms with van der Waals surface area (Å²) in [6, 6.07) is 15.6. The highest BCUT2D eigenvalue weighted by Gasteiger charge is 2.38. The minimum absolute atomic E-state index is 0.159. The van der Waals surface area contributed by atoms with Crippen LogP contribution in [0.4, 0.5) is 11.4 Å². The lowest BCUT2D eigenvalue weighted by Crippen LogP contribution is -2.33. The maximum absolute atomic E-state index is 12.4. The Balaban J connectivity index is 2.01. The Morgan fingerprint density at radius 2 is 0.941 bits per heavy atom. The molecule has 1 aliphatic rings. The zero-order valence-electron chi connectivity index (χ0n) is 20.6. The number of carboxylic acids is 2. The number of rotatable bonds is 8. The van der Waals surface area contributed by atoms with Gasteiger partial charge in [0, 0.05) is 34.6 Å². The van der Waals surface area contributed by atoms with E-state index in [1.54, 1.807) is 13.8 Å². The van der Waals surface area contributed by atoms with Crippen LogP contribution in [0.15, 0.2) is 71.1 Å². The summed E-state index contributed by atoms with van der Waals surface area (Å²) < 4.78 is 0. The average molecular weight is 463 g/mol. The lowest BCUT2D eigenvalue weighted by Gasteiger charge is -2.33. The lowest BCUT2D eigenvalue weighted by atomic mass is 9.78. The van der Waals surface area contributed by atoms with Gasteiger partial charge in [-0.2, -0.15) is 0 Å². The molecule has 3 rings (SSSR count). The van der Waals surface area contributed by atoms with Crippen LogP contribution in [0.2, 0.25) is 0 Å². The molecule has 180 valence electrons. The van der Waals surface area contributed by atoms with E-state index in [1.165, 1.54) is 11.1 Å². The van der Waals surface area contributed by atoms with E-state index in [0.29, 0.717) is 23.2 Å². The van der Waals surface area contributed by atoms with Crippen LogP contribution in [0.25, 0.3) is 0 Å². The maximum Gasteiger partial charge on any atom is 0.334 e. The first-order chi connectivity index (χ1) is 16.0. The Hall–Kier alpha value is -3.54. The second-order valence-electron chi connectivity index (χ2n) is 9.51. The summed E-state index contributed by atoms with van der Waals surface area (Å²) in [5.74, 6) is -2.69. The molecule has 0 aromatic heterocycles. The molecule has 2 unspecified atom stereocenters. The molecule has 2 aromatic carbocycles. The van der Waals surface area contributed by atoms with Crippen LogP contribution < -0.4 is 10.6 Å². The van der Waals surface area contributed by atoms with Gasteiger partial charge in [-0.25, -0.2) is 9.59 Å². The molecule has 0 aliphatic heterocycles. The highest BCUT2D eigenvalue weighted by molar-refractivity contribution is 5.96. The molecule has 0 amide bonds. The predicted octanol–water partition coefficient (Wildman–Crippen LogP) is 6.42. The van der Waals surface area contributed by atoms with E-state index in [2.05, 4.69) is 38.3 Å². The van der Waals surface area contributed by atoms with Crippen LogP contribution in [-0.2, 0) is 9.59 Å². The van der Waals surface area contributed by atoms with Crippen molar-refractivity contribution in [1.82, 2.24) is 0 Å². The monoisotopic (exact) mass is 462 g/mol. The van der Waals surface area contributed by atoms with Gasteiger partial charge in [-0.05, 0) is 47.2 Å². The highest BCUT2D eigenvalue weighted by atomic mass is 16.4. The Kier molecular flexibility index (Phi) is 7.50. The third kappa shape index (κ3) is 5.16. The summed E-state index contributed by atoms with van der Waals surface area (Å²) in [6.07, 6.45) is 0.